The van der Waals surface area contributed by atoms with Crippen molar-refractivity contribution in [2.24, 2.45) is 0 Å². The van der Waals surface area contributed by atoms with Crippen molar-refractivity contribution in [1.29, 1.82) is 0 Å². The van der Waals surface area contributed by atoms with E-state index in [2.05, 4.69) is 4.98 Å². The van der Waals surface area contributed by atoms with Gasteiger partial charge >= 0.3 is 0 Å². The average molecular weight is 278 g/mol. The number of anilines is 1. The lowest BCUT2D eigenvalue weighted by molar-refractivity contribution is -0.133. The molecule has 0 aliphatic carbocycles. The molecule has 0 radical (unpaired) electrons. The number of hydrogen-bond acceptors (Lipinski definition) is 3. The third-order valence-corrected chi connectivity index (χ3v) is 3.50. The van der Waals surface area contributed by atoms with Gasteiger partial charge in [0, 0.05) is 13.1 Å². The molecular weight excluding hydrogens is 259 g/mol. The molecule has 0 aliphatic heterocycles. The van der Waals surface area contributed by atoms with Crippen LogP contribution in [0.2, 0.25) is 0 Å². The number of rotatable bonds is 4. The summed E-state index contributed by atoms with van der Waals surface area (Å²) in [6.45, 7) is 6.84. The van der Waals surface area contributed by atoms with Crippen molar-refractivity contribution in [3.05, 3.63) is 24.0 Å². The van der Waals surface area contributed by atoms with Gasteiger partial charge in [0.15, 0.2) is 0 Å². The summed E-state index contributed by atoms with van der Waals surface area (Å²) in [5.74, 6) is -0.204. The molecule has 2 aromatic rings. The molecule has 0 bridgehead atoms. The summed E-state index contributed by atoms with van der Waals surface area (Å²) in [5, 5.41) is 0. The van der Waals surface area contributed by atoms with Gasteiger partial charge in [-0.15, -0.1) is 0 Å². The van der Waals surface area contributed by atoms with E-state index in [-0.39, 0.29) is 17.7 Å². The Morgan fingerprint density at radius 1 is 1.45 bits per heavy atom. The van der Waals surface area contributed by atoms with Crippen molar-refractivity contribution in [3.63, 3.8) is 0 Å². The van der Waals surface area contributed by atoms with Crippen molar-refractivity contribution in [2.75, 3.05) is 18.8 Å². The van der Waals surface area contributed by atoms with Crippen LogP contribution in [0.3, 0.4) is 0 Å². The predicted octanol–water partition coefficient (Wildman–Crippen LogP) is 2.19. The molecule has 1 unspecified atom stereocenters. The van der Waals surface area contributed by atoms with E-state index in [0.29, 0.717) is 24.1 Å². The molecular formula is C14H19FN4O. The number of likely N-dealkylation sites (N-methyl/N-ethyl adjacent to an activating group) is 1. The number of halogens is 1. The fraction of sp³-hybridized carbons (Fsp3) is 0.429. The molecule has 2 rings (SSSR count). The van der Waals surface area contributed by atoms with Gasteiger partial charge in [-0.2, -0.15) is 0 Å². The highest BCUT2D eigenvalue weighted by Crippen LogP contribution is 2.24. The van der Waals surface area contributed by atoms with Crippen LogP contribution in [0.25, 0.3) is 11.0 Å². The molecule has 5 nitrogen and oxygen atoms in total. The van der Waals surface area contributed by atoms with E-state index in [1.165, 1.54) is 12.1 Å². The first kappa shape index (κ1) is 14.3. The van der Waals surface area contributed by atoms with Crippen molar-refractivity contribution in [2.45, 2.75) is 26.8 Å². The Hall–Kier alpha value is -2.11. The summed E-state index contributed by atoms with van der Waals surface area (Å²) in [6.07, 6.45) is 0. The molecule has 1 atom stereocenters. The normalized spacial score (nSPS) is 12.6. The molecule has 1 heterocycles. The maximum Gasteiger partial charge on any atom is 0.245 e. The van der Waals surface area contributed by atoms with Crippen molar-refractivity contribution >= 4 is 22.9 Å². The van der Waals surface area contributed by atoms with Crippen LogP contribution in [0.1, 0.15) is 26.8 Å². The van der Waals surface area contributed by atoms with E-state index < -0.39 is 6.04 Å². The average Bonchev–Trinajstić information content (AvgIpc) is 2.74. The van der Waals surface area contributed by atoms with Gasteiger partial charge < -0.3 is 10.6 Å². The lowest BCUT2D eigenvalue weighted by Crippen LogP contribution is -2.36. The predicted molar refractivity (Wildman–Crippen MR) is 76.7 cm³/mol. The highest BCUT2D eigenvalue weighted by atomic mass is 19.1. The molecule has 0 saturated heterocycles. The quantitative estimate of drug-likeness (QED) is 0.932. The topological polar surface area (TPSA) is 64.2 Å². The second kappa shape index (κ2) is 5.48. The van der Waals surface area contributed by atoms with Gasteiger partial charge in [0.25, 0.3) is 0 Å². The SMILES string of the molecule is CCN(CC)C(=O)C(C)n1c(N)nc2ccc(F)cc21. The molecule has 1 aromatic heterocycles. The third-order valence-electron chi connectivity index (χ3n) is 3.50. The number of fused-ring (bicyclic) bond motifs is 1. The monoisotopic (exact) mass is 278 g/mol. The number of carbonyl (C=O) groups excluding carboxylic acids is 1. The summed E-state index contributed by atoms with van der Waals surface area (Å²) in [6, 6.07) is 3.73. The zero-order valence-corrected chi connectivity index (χ0v) is 11.9. The second-order valence-corrected chi connectivity index (χ2v) is 4.66. The van der Waals surface area contributed by atoms with Gasteiger partial charge in [0.2, 0.25) is 11.9 Å². The molecule has 2 N–H and O–H groups in total. The highest BCUT2D eigenvalue weighted by molar-refractivity contribution is 5.85. The largest absolute Gasteiger partial charge is 0.369 e. The highest BCUT2D eigenvalue weighted by Gasteiger charge is 2.23. The number of nitrogens with zero attached hydrogens (tertiary/aromatic N) is 3. The van der Waals surface area contributed by atoms with E-state index in [4.69, 9.17) is 5.73 Å². The van der Waals surface area contributed by atoms with Crippen LogP contribution < -0.4 is 5.73 Å². The van der Waals surface area contributed by atoms with E-state index in [1.54, 1.807) is 22.5 Å². The first-order valence-electron chi connectivity index (χ1n) is 6.71. The van der Waals surface area contributed by atoms with Crippen molar-refractivity contribution < 1.29 is 9.18 Å². The maximum absolute atomic E-state index is 13.4. The van der Waals surface area contributed by atoms with Crippen LogP contribution in [0.4, 0.5) is 10.3 Å². The molecule has 1 amide bonds. The molecule has 0 aliphatic rings. The van der Waals surface area contributed by atoms with Crippen LogP contribution in [-0.2, 0) is 4.79 Å². The molecule has 6 heteroatoms. The van der Waals surface area contributed by atoms with Gasteiger partial charge in [0.05, 0.1) is 11.0 Å². The number of benzene rings is 1. The van der Waals surface area contributed by atoms with Crippen LogP contribution in [-0.4, -0.2) is 33.4 Å². The molecule has 0 fully saturated rings. The van der Waals surface area contributed by atoms with Crippen molar-refractivity contribution in [3.8, 4) is 0 Å². The van der Waals surface area contributed by atoms with Gasteiger partial charge in [-0.3, -0.25) is 9.36 Å². The van der Waals surface area contributed by atoms with Gasteiger partial charge in [-0.1, -0.05) is 0 Å². The number of imidazole rings is 1. The number of nitrogen functional groups attached to an aromatic ring is 1. The number of hydrogen-bond donors (Lipinski definition) is 1. The smallest absolute Gasteiger partial charge is 0.245 e. The van der Waals surface area contributed by atoms with Crippen LogP contribution in [0.15, 0.2) is 18.2 Å². The molecule has 108 valence electrons. The zero-order valence-electron chi connectivity index (χ0n) is 11.9. The van der Waals surface area contributed by atoms with Crippen LogP contribution >= 0.6 is 0 Å². The Balaban J connectivity index is 2.48. The number of amides is 1. The second-order valence-electron chi connectivity index (χ2n) is 4.66. The first-order valence-corrected chi connectivity index (χ1v) is 6.71. The minimum atomic E-state index is -0.512. The van der Waals surface area contributed by atoms with Gasteiger partial charge in [-0.05, 0) is 39.0 Å². The number of carbonyl (C=O) groups is 1. The van der Waals surface area contributed by atoms with Crippen LogP contribution in [0, 0.1) is 5.82 Å². The Morgan fingerprint density at radius 3 is 2.70 bits per heavy atom. The summed E-state index contributed by atoms with van der Waals surface area (Å²) in [7, 11) is 0. The third kappa shape index (κ3) is 2.33. The fourth-order valence-corrected chi connectivity index (χ4v) is 2.40. The fourth-order valence-electron chi connectivity index (χ4n) is 2.40. The van der Waals surface area contributed by atoms with Crippen molar-refractivity contribution in [1.82, 2.24) is 14.5 Å². The standard InChI is InChI=1S/C14H19FN4O/c1-4-18(5-2)13(20)9(3)19-12-8-10(15)6-7-11(12)17-14(19)16/h6-9H,4-5H2,1-3H3,(H2,16,17). The Kier molecular flexibility index (Phi) is 3.92. The summed E-state index contributed by atoms with van der Waals surface area (Å²) < 4.78 is 15.0. The van der Waals surface area contributed by atoms with Gasteiger partial charge in [0.1, 0.15) is 11.9 Å². The molecule has 0 spiro atoms. The molecule has 0 saturated carbocycles. The maximum atomic E-state index is 13.4. The minimum Gasteiger partial charge on any atom is -0.369 e. The Labute approximate surface area is 117 Å². The van der Waals surface area contributed by atoms with Crippen LogP contribution in [0.5, 0.6) is 0 Å². The molecule has 20 heavy (non-hydrogen) atoms. The minimum absolute atomic E-state index is 0.0507. The Bertz CT molecular complexity index is 633. The summed E-state index contributed by atoms with van der Waals surface area (Å²) in [4.78, 5) is 18.3. The van der Waals surface area contributed by atoms with Gasteiger partial charge in [-0.25, -0.2) is 9.37 Å². The lowest BCUT2D eigenvalue weighted by atomic mass is 10.2. The van der Waals surface area contributed by atoms with E-state index in [9.17, 15) is 9.18 Å². The Morgan fingerprint density at radius 2 is 2.10 bits per heavy atom. The zero-order chi connectivity index (χ0) is 14.9. The summed E-state index contributed by atoms with van der Waals surface area (Å²) >= 11 is 0. The first-order chi connectivity index (χ1) is 9.49. The number of nitrogens with two attached hydrogens (primary N) is 1. The molecule has 1 aromatic carbocycles. The van der Waals surface area contributed by atoms with E-state index in [0.717, 1.165) is 0 Å². The number of aromatic nitrogens is 2. The van der Waals surface area contributed by atoms with E-state index >= 15 is 0 Å². The van der Waals surface area contributed by atoms with E-state index in [1.807, 2.05) is 13.8 Å². The summed E-state index contributed by atoms with van der Waals surface area (Å²) in [5.41, 5.74) is 7.01. The lowest BCUT2D eigenvalue weighted by Gasteiger charge is -2.24.